The van der Waals surface area contributed by atoms with E-state index in [4.69, 9.17) is 4.74 Å². The molecule has 1 aliphatic rings. The Kier molecular flexibility index (Phi) is 3.96. The van der Waals surface area contributed by atoms with Crippen molar-refractivity contribution >= 4 is 0 Å². The lowest BCUT2D eigenvalue weighted by Gasteiger charge is -2.43. The van der Waals surface area contributed by atoms with E-state index in [0.717, 1.165) is 6.42 Å². The van der Waals surface area contributed by atoms with Gasteiger partial charge in [-0.2, -0.15) is 0 Å². The first kappa shape index (κ1) is 12.0. The van der Waals surface area contributed by atoms with Gasteiger partial charge in [-0.15, -0.1) is 0 Å². The number of rotatable bonds is 2. The minimum absolute atomic E-state index is 0.181. The Morgan fingerprint density at radius 3 is 2.29 bits per heavy atom. The Morgan fingerprint density at radius 1 is 1.21 bits per heavy atom. The molecule has 2 nitrogen and oxygen atoms in total. The van der Waals surface area contributed by atoms with Crippen molar-refractivity contribution in [1.29, 1.82) is 0 Å². The van der Waals surface area contributed by atoms with E-state index in [1.54, 1.807) is 0 Å². The third kappa shape index (κ3) is 2.12. The van der Waals surface area contributed by atoms with Gasteiger partial charge in [-0.25, -0.2) is 0 Å². The fourth-order valence-electron chi connectivity index (χ4n) is 2.33. The molecule has 0 amide bonds. The van der Waals surface area contributed by atoms with Crippen molar-refractivity contribution in [3.05, 3.63) is 0 Å². The molecular weight excluding hydrogens is 176 g/mol. The van der Waals surface area contributed by atoms with Gasteiger partial charge in [-0.05, 0) is 12.8 Å². The van der Waals surface area contributed by atoms with Crippen molar-refractivity contribution in [2.75, 3.05) is 0 Å². The van der Waals surface area contributed by atoms with Gasteiger partial charge in [0.2, 0.25) is 0 Å². The smallest absolute Gasteiger partial charge is 0.0654 e. The van der Waals surface area contributed by atoms with Crippen LogP contribution in [0.5, 0.6) is 0 Å². The van der Waals surface area contributed by atoms with Gasteiger partial charge in [0.05, 0.1) is 18.3 Å². The molecule has 2 heteroatoms. The Hall–Kier alpha value is -0.0800. The van der Waals surface area contributed by atoms with E-state index in [1.165, 1.54) is 0 Å². The summed E-state index contributed by atoms with van der Waals surface area (Å²) in [7, 11) is 0. The van der Waals surface area contributed by atoms with Gasteiger partial charge in [-0.3, -0.25) is 0 Å². The van der Waals surface area contributed by atoms with E-state index in [2.05, 4.69) is 34.6 Å². The van der Waals surface area contributed by atoms with E-state index in [1.807, 2.05) is 0 Å². The van der Waals surface area contributed by atoms with Gasteiger partial charge in [-0.1, -0.05) is 34.1 Å². The summed E-state index contributed by atoms with van der Waals surface area (Å²) in [6, 6.07) is 0. The number of ether oxygens (including phenoxy) is 1. The van der Waals surface area contributed by atoms with Gasteiger partial charge in [0.1, 0.15) is 0 Å². The van der Waals surface area contributed by atoms with Crippen LogP contribution in [0.15, 0.2) is 0 Å². The van der Waals surface area contributed by atoms with E-state index in [-0.39, 0.29) is 30.1 Å². The second-order valence-electron chi connectivity index (χ2n) is 4.90. The second-order valence-corrected chi connectivity index (χ2v) is 4.90. The molecule has 0 aromatic rings. The van der Waals surface area contributed by atoms with Gasteiger partial charge >= 0.3 is 0 Å². The summed E-state index contributed by atoms with van der Waals surface area (Å²) in [4.78, 5) is 0. The van der Waals surface area contributed by atoms with Crippen LogP contribution in [0.2, 0.25) is 0 Å². The molecule has 0 bridgehead atoms. The van der Waals surface area contributed by atoms with Crippen LogP contribution in [-0.2, 0) is 4.74 Å². The minimum atomic E-state index is -0.210. The summed E-state index contributed by atoms with van der Waals surface area (Å²) in [5.41, 5.74) is 0. The molecule has 1 saturated heterocycles. The van der Waals surface area contributed by atoms with Crippen molar-refractivity contribution in [2.24, 2.45) is 17.8 Å². The Labute approximate surface area is 87.7 Å². The first-order chi connectivity index (χ1) is 6.49. The largest absolute Gasteiger partial charge is 0.392 e. The molecule has 0 aliphatic carbocycles. The highest BCUT2D eigenvalue weighted by atomic mass is 16.5. The van der Waals surface area contributed by atoms with E-state index >= 15 is 0 Å². The van der Waals surface area contributed by atoms with Crippen molar-refractivity contribution in [1.82, 2.24) is 0 Å². The third-order valence-corrected chi connectivity index (χ3v) is 3.91. The molecule has 0 aromatic heterocycles. The highest BCUT2D eigenvalue weighted by Crippen LogP contribution is 2.34. The summed E-state index contributed by atoms with van der Waals surface area (Å²) in [5, 5.41) is 10.1. The highest BCUT2D eigenvalue weighted by Gasteiger charge is 2.40. The molecule has 3 unspecified atom stereocenters. The molecule has 84 valence electrons. The van der Waals surface area contributed by atoms with Crippen molar-refractivity contribution in [2.45, 2.75) is 59.4 Å². The zero-order valence-corrected chi connectivity index (χ0v) is 10.0. The van der Waals surface area contributed by atoms with Crippen LogP contribution in [0, 0.1) is 17.8 Å². The predicted octanol–water partition coefficient (Wildman–Crippen LogP) is 2.45. The van der Waals surface area contributed by atoms with Crippen LogP contribution < -0.4 is 0 Å². The Balaban J connectivity index is 2.70. The van der Waals surface area contributed by atoms with E-state index in [9.17, 15) is 5.11 Å². The highest BCUT2D eigenvalue weighted by molar-refractivity contribution is 4.88. The minimum Gasteiger partial charge on any atom is -0.392 e. The first-order valence-electron chi connectivity index (χ1n) is 5.82. The Morgan fingerprint density at radius 2 is 1.79 bits per heavy atom. The molecule has 0 spiro atoms. The molecule has 1 rings (SSSR count). The monoisotopic (exact) mass is 200 g/mol. The lowest BCUT2D eigenvalue weighted by atomic mass is 9.79. The molecule has 1 N–H and O–H groups in total. The van der Waals surface area contributed by atoms with Crippen molar-refractivity contribution < 1.29 is 9.84 Å². The Bertz CT molecular complexity index is 181. The van der Waals surface area contributed by atoms with Crippen LogP contribution in [-0.4, -0.2) is 23.4 Å². The number of hydrogen-bond donors (Lipinski definition) is 1. The SMILES string of the molecule is CC[C@@H](C)C1OC(C)C(C)[C@@H](O)[C@@H]1C. The average molecular weight is 200 g/mol. The molecule has 0 saturated carbocycles. The number of aliphatic hydroxyl groups is 1. The number of aliphatic hydroxyl groups excluding tert-OH is 1. The third-order valence-electron chi connectivity index (χ3n) is 3.91. The standard InChI is InChI=1S/C12H24O2/c1-6-7(2)12-9(4)11(13)8(3)10(5)14-12/h7-13H,6H2,1-5H3/t7-,8?,9+,10?,11-,12?/m1/s1. The summed E-state index contributed by atoms with van der Waals surface area (Å²) in [6.45, 7) is 10.6. The van der Waals surface area contributed by atoms with Crippen LogP contribution in [0.1, 0.15) is 41.0 Å². The quantitative estimate of drug-likeness (QED) is 0.742. The maximum Gasteiger partial charge on any atom is 0.0654 e. The van der Waals surface area contributed by atoms with Crippen LogP contribution in [0.25, 0.3) is 0 Å². The van der Waals surface area contributed by atoms with Gasteiger partial charge < -0.3 is 9.84 Å². The molecule has 14 heavy (non-hydrogen) atoms. The van der Waals surface area contributed by atoms with Crippen LogP contribution >= 0.6 is 0 Å². The molecule has 6 atom stereocenters. The average Bonchev–Trinajstić information content (AvgIpc) is 2.19. The van der Waals surface area contributed by atoms with Crippen molar-refractivity contribution in [3.63, 3.8) is 0 Å². The molecule has 1 heterocycles. The van der Waals surface area contributed by atoms with E-state index in [0.29, 0.717) is 5.92 Å². The fourth-order valence-corrected chi connectivity index (χ4v) is 2.33. The topological polar surface area (TPSA) is 29.5 Å². The van der Waals surface area contributed by atoms with Crippen molar-refractivity contribution in [3.8, 4) is 0 Å². The zero-order chi connectivity index (χ0) is 10.9. The summed E-state index contributed by atoms with van der Waals surface area (Å²) < 4.78 is 5.97. The summed E-state index contributed by atoms with van der Waals surface area (Å²) >= 11 is 0. The molecule has 1 fully saturated rings. The van der Waals surface area contributed by atoms with Gasteiger partial charge in [0, 0.05) is 11.8 Å². The summed E-state index contributed by atoms with van der Waals surface area (Å²) in [6.07, 6.45) is 1.31. The maximum atomic E-state index is 10.1. The zero-order valence-electron chi connectivity index (χ0n) is 10.0. The first-order valence-corrected chi connectivity index (χ1v) is 5.82. The molecular formula is C12H24O2. The molecule has 1 aliphatic heterocycles. The van der Waals surface area contributed by atoms with Crippen LogP contribution in [0.4, 0.5) is 0 Å². The predicted molar refractivity (Wildman–Crippen MR) is 58.1 cm³/mol. The lowest BCUT2D eigenvalue weighted by molar-refractivity contribution is -0.172. The maximum absolute atomic E-state index is 10.1. The number of hydrogen-bond acceptors (Lipinski definition) is 2. The molecule has 0 radical (unpaired) electrons. The fraction of sp³-hybridized carbons (Fsp3) is 1.00. The molecule has 0 aromatic carbocycles. The van der Waals surface area contributed by atoms with Gasteiger partial charge in [0.25, 0.3) is 0 Å². The normalized spacial score (nSPS) is 46.3. The lowest BCUT2D eigenvalue weighted by Crippen LogP contribution is -2.50. The van der Waals surface area contributed by atoms with Gasteiger partial charge in [0.15, 0.2) is 0 Å². The summed E-state index contributed by atoms with van der Waals surface area (Å²) in [5.74, 6) is 1.05. The van der Waals surface area contributed by atoms with E-state index < -0.39 is 0 Å². The van der Waals surface area contributed by atoms with Crippen LogP contribution in [0.3, 0.4) is 0 Å². The second kappa shape index (κ2) is 4.63.